The van der Waals surface area contributed by atoms with E-state index in [2.05, 4.69) is 60.4 Å². The Labute approximate surface area is 141 Å². The topological polar surface area (TPSA) is 45.6 Å². The smallest absolute Gasteiger partial charge is 0.0641 e. The molecule has 0 fully saturated rings. The predicted molar refractivity (Wildman–Crippen MR) is 98.1 cm³/mol. The quantitative estimate of drug-likeness (QED) is 0.535. The molecule has 1 aromatic carbocycles. The molecular weight excluding hydrogens is 304 g/mol. The highest BCUT2D eigenvalue weighted by atomic mass is 32.2. The molecule has 0 amide bonds. The van der Waals surface area contributed by atoms with Crippen molar-refractivity contribution in [3.05, 3.63) is 46.9 Å². The number of para-hydroxylation sites is 1. The highest BCUT2D eigenvalue weighted by Crippen LogP contribution is 2.30. The molecule has 0 saturated carbocycles. The van der Waals surface area contributed by atoms with E-state index in [4.69, 9.17) is 0 Å². The Bertz CT molecular complexity index is 816. The highest BCUT2D eigenvalue weighted by Gasteiger charge is 2.10. The summed E-state index contributed by atoms with van der Waals surface area (Å²) in [6.45, 7) is 8.23. The van der Waals surface area contributed by atoms with Crippen molar-refractivity contribution in [3.8, 4) is 0 Å². The van der Waals surface area contributed by atoms with Gasteiger partial charge in [0.15, 0.2) is 0 Å². The number of aryl methyl sites for hydroxylation is 3. The number of aromatic nitrogens is 3. The van der Waals surface area contributed by atoms with Gasteiger partial charge in [0.1, 0.15) is 0 Å². The summed E-state index contributed by atoms with van der Waals surface area (Å²) in [6, 6.07) is 8.51. The zero-order chi connectivity index (χ0) is 16.4. The standard InChI is InChI=1S/C18H24N4S/c1-12-16(14(3)22(4)21-12)11-19-9-10-23-18-13(2)20-17-8-6-5-7-15(17)18/h5-8,19-20H,9-11H2,1-4H3. The first kappa shape index (κ1) is 16.1. The summed E-state index contributed by atoms with van der Waals surface area (Å²) in [7, 11) is 2.00. The molecule has 0 unspecified atom stereocenters. The van der Waals surface area contributed by atoms with Crippen molar-refractivity contribution in [2.24, 2.45) is 7.05 Å². The lowest BCUT2D eigenvalue weighted by molar-refractivity contribution is 0.713. The lowest BCUT2D eigenvalue weighted by Crippen LogP contribution is -2.17. The number of H-pyrrole nitrogens is 1. The van der Waals surface area contributed by atoms with Crippen molar-refractivity contribution >= 4 is 22.7 Å². The SMILES string of the molecule is Cc1nn(C)c(C)c1CNCCSc1c(C)[nH]c2ccccc12. The summed E-state index contributed by atoms with van der Waals surface area (Å²) in [5.74, 6) is 1.06. The van der Waals surface area contributed by atoms with Gasteiger partial charge in [-0.1, -0.05) is 18.2 Å². The molecule has 5 heteroatoms. The van der Waals surface area contributed by atoms with Crippen LogP contribution in [0.25, 0.3) is 10.9 Å². The third kappa shape index (κ3) is 3.31. The number of benzene rings is 1. The zero-order valence-corrected chi connectivity index (χ0v) is 15.0. The zero-order valence-electron chi connectivity index (χ0n) is 14.2. The first-order valence-electron chi connectivity index (χ1n) is 7.98. The summed E-state index contributed by atoms with van der Waals surface area (Å²) in [5.41, 5.74) is 6.17. The van der Waals surface area contributed by atoms with Crippen LogP contribution in [0.4, 0.5) is 0 Å². The van der Waals surface area contributed by atoms with Crippen LogP contribution >= 0.6 is 11.8 Å². The van der Waals surface area contributed by atoms with E-state index in [-0.39, 0.29) is 0 Å². The molecule has 0 aliphatic rings. The minimum absolute atomic E-state index is 0.888. The monoisotopic (exact) mass is 328 g/mol. The molecule has 4 nitrogen and oxygen atoms in total. The van der Waals surface area contributed by atoms with Gasteiger partial charge in [-0.15, -0.1) is 11.8 Å². The van der Waals surface area contributed by atoms with Crippen molar-refractivity contribution < 1.29 is 0 Å². The second-order valence-corrected chi connectivity index (χ2v) is 7.03. The first-order valence-corrected chi connectivity index (χ1v) is 8.96. The van der Waals surface area contributed by atoms with Gasteiger partial charge in [0.05, 0.1) is 5.69 Å². The van der Waals surface area contributed by atoms with Gasteiger partial charge in [0.2, 0.25) is 0 Å². The summed E-state index contributed by atoms with van der Waals surface area (Å²) < 4.78 is 1.95. The number of nitrogens with one attached hydrogen (secondary N) is 2. The van der Waals surface area contributed by atoms with Crippen LogP contribution in [0.2, 0.25) is 0 Å². The van der Waals surface area contributed by atoms with Gasteiger partial charge in [-0.25, -0.2) is 0 Å². The van der Waals surface area contributed by atoms with E-state index < -0.39 is 0 Å². The van der Waals surface area contributed by atoms with E-state index in [0.717, 1.165) is 24.5 Å². The predicted octanol–water partition coefficient (Wildman–Crippen LogP) is 3.71. The van der Waals surface area contributed by atoms with Gasteiger partial charge in [-0.05, 0) is 26.8 Å². The van der Waals surface area contributed by atoms with Crippen LogP contribution in [0, 0.1) is 20.8 Å². The van der Waals surface area contributed by atoms with Crippen LogP contribution in [-0.4, -0.2) is 27.1 Å². The molecule has 0 aliphatic carbocycles. The Morgan fingerprint density at radius 3 is 2.74 bits per heavy atom. The second kappa shape index (κ2) is 6.81. The van der Waals surface area contributed by atoms with E-state index in [9.17, 15) is 0 Å². The third-order valence-electron chi connectivity index (χ3n) is 4.32. The summed E-state index contributed by atoms with van der Waals surface area (Å²) >= 11 is 1.92. The maximum Gasteiger partial charge on any atom is 0.0641 e. The molecule has 0 bridgehead atoms. The lowest BCUT2D eigenvalue weighted by Gasteiger charge is -2.06. The number of thioether (sulfide) groups is 1. The molecule has 23 heavy (non-hydrogen) atoms. The molecule has 2 aromatic heterocycles. The fourth-order valence-electron chi connectivity index (χ4n) is 2.95. The van der Waals surface area contributed by atoms with Gasteiger partial charge in [0.25, 0.3) is 0 Å². The number of aromatic amines is 1. The maximum absolute atomic E-state index is 4.46. The van der Waals surface area contributed by atoms with Gasteiger partial charge in [0, 0.05) is 58.6 Å². The molecule has 2 heterocycles. The van der Waals surface area contributed by atoms with Crippen molar-refractivity contribution in [2.75, 3.05) is 12.3 Å². The van der Waals surface area contributed by atoms with Crippen molar-refractivity contribution in [1.29, 1.82) is 0 Å². The normalized spacial score (nSPS) is 11.5. The molecule has 0 radical (unpaired) electrons. The molecule has 0 aliphatic heterocycles. The summed E-state index contributed by atoms with van der Waals surface area (Å²) in [5, 5.41) is 9.33. The molecule has 2 N–H and O–H groups in total. The van der Waals surface area contributed by atoms with E-state index >= 15 is 0 Å². The Morgan fingerprint density at radius 1 is 1.22 bits per heavy atom. The van der Waals surface area contributed by atoms with Gasteiger partial charge in [-0.2, -0.15) is 5.10 Å². The fraction of sp³-hybridized carbons (Fsp3) is 0.389. The van der Waals surface area contributed by atoms with Crippen LogP contribution in [-0.2, 0) is 13.6 Å². The molecule has 3 rings (SSSR count). The van der Waals surface area contributed by atoms with Crippen LogP contribution in [0.5, 0.6) is 0 Å². The molecule has 3 aromatic rings. The molecule has 0 atom stereocenters. The largest absolute Gasteiger partial charge is 0.358 e. The van der Waals surface area contributed by atoms with Crippen LogP contribution in [0.1, 0.15) is 22.6 Å². The fourth-order valence-corrected chi connectivity index (χ4v) is 4.00. The Kier molecular flexibility index (Phi) is 4.78. The highest BCUT2D eigenvalue weighted by molar-refractivity contribution is 7.99. The van der Waals surface area contributed by atoms with E-state index in [1.807, 2.05) is 23.5 Å². The number of fused-ring (bicyclic) bond motifs is 1. The number of hydrogen-bond acceptors (Lipinski definition) is 3. The molecule has 122 valence electrons. The van der Waals surface area contributed by atoms with Gasteiger partial charge >= 0.3 is 0 Å². The van der Waals surface area contributed by atoms with Crippen molar-refractivity contribution in [2.45, 2.75) is 32.2 Å². The minimum atomic E-state index is 0.888. The summed E-state index contributed by atoms with van der Waals surface area (Å²) in [4.78, 5) is 4.83. The van der Waals surface area contributed by atoms with E-state index in [1.54, 1.807) is 0 Å². The van der Waals surface area contributed by atoms with Gasteiger partial charge < -0.3 is 10.3 Å². The lowest BCUT2D eigenvalue weighted by atomic mass is 10.2. The summed E-state index contributed by atoms with van der Waals surface area (Å²) in [6.07, 6.45) is 0. The Balaban J connectivity index is 1.54. The third-order valence-corrected chi connectivity index (χ3v) is 5.54. The van der Waals surface area contributed by atoms with Crippen molar-refractivity contribution in [1.82, 2.24) is 20.1 Å². The molecule has 0 spiro atoms. The molecule has 0 saturated heterocycles. The Hall–Kier alpha value is -1.72. The first-order chi connectivity index (χ1) is 11.1. The van der Waals surface area contributed by atoms with E-state index in [0.29, 0.717) is 0 Å². The van der Waals surface area contributed by atoms with E-state index in [1.165, 1.54) is 32.7 Å². The van der Waals surface area contributed by atoms with Gasteiger partial charge in [-0.3, -0.25) is 4.68 Å². The van der Waals surface area contributed by atoms with Crippen LogP contribution < -0.4 is 5.32 Å². The average Bonchev–Trinajstić information content (AvgIpc) is 2.97. The van der Waals surface area contributed by atoms with Crippen LogP contribution in [0.3, 0.4) is 0 Å². The maximum atomic E-state index is 4.46. The number of nitrogens with zero attached hydrogens (tertiary/aromatic N) is 2. The Morgan fingerprint density at radius 2 is 2.00 bits per heavy atom. The second-order valence-electron chi connectivity index (χ2n) is 5.92. The number of hydrogen-bond donors (Lipinski definition) is 2. The van der Waals surface area contributed by atoms with Crippen molar-refractivity contribution in [3.63, 3.8) is 0 Å². The average molecular weight is 328 g/mol. The number of rotatable bonds is 6. The minimum Gasteiger partial charge on any atom is -0.358 e. The molecular formula is C18H24N4S. The van der Waals surface area contributed by atoms with Crippen LogP contribution in [0.15, 0.2) is 29.2 Å².